The number of aromatic carboxylic acids is 1. The molecule has 7 heteroatoms. The fourth-order valence-electron chi connectivity index (χ4n) is 2.50. The highest BCUT2D eigenvalue weighted by atomic mass is 16.5. The van der Waals surface area contributed by atoms with E-state index < -0.39 is 5.97 Å². The maximum absolute atomic E-state index is 11.4. The fraction of sp³-hybridized carbons (Fsp3) is 0.0625. The number of rotatable bonds is 2. The van der Waals surface area contributed by atoms with Gasteiger partial charge >= 0.3 is 5.97 Å². The minimum atomic E-state index is -0.995. The first-order valence-corrected chi connectivity index (χ1v) is 6.89. The topological polar surface area (TPSA) is 92.9 Å². The molecule has 0 aliphatic carbocycles. The number of hydrogen-bond donors (Lipinski definition) is 2. The summed E-state index contributed by atoms with van der Waals surface area (Å²) in [6.07, 6.45) is 3.45. The van der Waals surface area contributed by atoms with Crippen LogP contribution in [0, 0.1) is 0 Å². The maximum Gasteiger partial charge on any atom is 0.335 e. The number of carboxylic acids is 1. The molecule has 1 aliphatic rings. The summed E-state index contributed by atoms with van der Waals surface area (Å²) in [6, 6.07) is 8.43. The first kappa shape index (κ1) is 13.3. The van der Waals surface area contributed by atoms with E-state index in [1.165, 1.54) is 12.1 Å². The number of nitrogens with zero attached hydrogens (tertiary/aromatic N) is 2. The van der Waals surface area contributed by atoms with Gasteiger partial charge in [-0.25, -0.2) is 9.78 Å². The summed E-state index contributed by atoms with van der Waals surface area (Å²) >= 11 is 0. The van der Waals surface area contributed by atoms with E-state index in [4.69, 9.17) is 9.84 Å². The van der Waals surface area contributed by atoms with Crippen LogP contribution in [0.3, 0.4) is 0 Å². The van der Waals surface area contributed by atoms with Crippen LogP contribution in [0.4, 0.5) is 5.69 Å². The molecule has 0 radical (unpaired) electrons. The van der Waals surface area contributed by atoms with Crippen molar-refractivity contribution in [2.45, 2.75) is 0 Å². The van der Waals surface area contributed by atoms with Crippen molar-refractivity contribution in [1.82, 2.24) is 9.38 Å². The highest BCUT2D eigenvalue weighted by molar-refractivity contribution is 5.96. The van der Waals surface area contributed by atoms with Gasteiger partial charge in [0, 0.05) is 18.0 Å². The number of anilines is 1. The van der Waals surface area contributed by atoms with Crippen molar-refractivity contribution in [3.63, 3.8) is 0 Å². The van der Waals surface area contributed by atoms with Crippen molar-refractivity contribution in [3.05, 3.63) is 48.3 Å². The van der Waals surface area contributed by atoms with Gasteiger partial charge in [-0.05, 0) is 30.3 Å². The first-order chi connectivity index (χ1) is 11.1. The molecule has 3 heterocycles. The molecule has 23 heavy (non-hydrogen) atoms. The average Bonchev–Trinajstić information content (AvgIpc) is 2.97. The number of imidazole rings is 1. The van der Waals surface area contributed by atoms with Gasteiger partial charge in [-0.15, -0.1) is 0 Å². The van der Waals surface area contributed by atoms with Crippen LogP contribution in [0.15, 0.2) is 42.7 Å². The monoisotopic (exact) mass is 309 g/mol. The van der Waals surface area contributed by atoms with E-state index in [-0.39, 0.29) is 18.1 Å². The Balaban J connectivity index is 1.78. The molecule has 0 saturated carbocycles. The Hall–Kier alpha value is -3.35. The second kappa shape index (κ2) is 4.84. The maximum atomic E-state index is 11.4. The van der Waals surface area contributed by atoms with Gasteiger partial charge in [0.05, 0.1) is 16.9 Å². The Morgan fingerprint density at radius 2 is 2.17 bits per heavy atom. The highest BCUT2D eigenvalue weighted by Crippen LogP contribution is 2.32. The van der Waals surface area contributed by atoms with Crippen LogP contribution in [0.2, 0.25) is 0 Å². The molecule has 1 aliphatic heterocycles. The van der Waals surface area contributed by atoms with Crippen LogP contribution in [-0.2, 0) is 4.79 Å². The van der Waals surface area contributed by atoms with E-state index in [2.05, 4.69) is 10.3 Å². The van der Waals surface area contributed by atoms with Crippen molar-refractivity contribution in [2.24, 2.45) is 0 Å². The molecule has 0 bridgehead atoms. The van der Waals surface area contributed by atoms with Crippen molar-refractivity contribution in [2.75, 3.05) is 11.9 Å². The molecule has 3 aromatic rings. The Kier molecular flexibility index (Phi) is 2.80. The minimum absolute atomic E-state index is 0.0126. The summed E-state index contributed by atoms with van der Waals surface area (Å²) in [7, 11) is 0. The molecular weight excluding hydrogens is 298 g/mol. The molecular formula is C16H11N3O4. The lowest BCUT2D eigenvalue weighted by molar-refractivity contribution is -0.118. The number of carboxylic acid groups (broad SMARTS) is 1. The van der Waals surface area contributed by atoms with Crippen LogP contribution in [-0.4, -0.2) is 33.0 Å². The van der Waals surface area contributed by atoms with Crippen LogP contribution in [0.5, 0.6) is 5.75 Å². The number of aromatic nitrogens is 2. The quantitative estimate of drug-likeness (QED) is 0.755. The molecule has 7 nitrogen and oxygen atoms in total. The van der Waals surface area contributed by atoms with Crippen molar-refractivity contribution in [3.8, 4) is 17.0 Å². The number of hydrogen-bond acceptors (Lipinski definition) is 4. The minimum Gasteiger partial charge on any atom is -0.482 e. The molecule has 114 valence electrons. The summed E-state index contributed by atoms with van der Waals surface area (Å²) in [5.74, 6) is -0.577. The molecule has 2 N–H and O–H groups in total. The third-order valence-electron chi connectivity index (χ3n) is 3.62. The summed E-state index contributed by atoms with van der Waals surface area (Å²) in [6.45, 7) is 0.0126. The summed E-state index contributed by atoms with van der Waals surface area (Å²) in [4.78, 5) is 26.9. The van der Waals surface area contributed by atoms with Crippen molar-refractivity contribution in [1.29, 1.82) is 0 Å². The number of ether oxygens (including phenoxy) is 1. The predicted octanol–water partition coefficient (Wildman–Crippen LogP) is 2.03. The lowest BCUT2D eigenvalue weighted by Gasteiger charge is -2.18. The Morgan fingerprint density at radius 3 is 3.00 bits per heavy atom. The summed E-state index contributed by atoms with van der Waals surface area (Å²) in [5.41, 5.74) is 2.80. The van der Waals surface area contributed by atoms with Gasteiger partial charge in [-0.1, -0.05) is 0 Å². The second-order valence-corrected chi connectivity index (χ2v) is 5.16. The molecule has 4 rings (SSSR count). The Bertz CT molecular complexity index is 961. The number of amides is 1. The molecule has 2 aromatic heterocycles. The van der Waals surface area contributed by atoms with Gasteiger partial charge in [0.25, 0.3) is 5.91 Å². The molecule has 1 aromatic carbocycles. The smallest absolute Gasteiger partial charge is 0.335 e. The third kappa shape index (κ3) is 2.28. The molecule has 0 unspecified atom stereocenters. The highest BCUT2D eigenvalue weighted by Gasteiger charge is 2.17. The summed E-state index contributed by atoms with van der Waals surface area (Å²) in [5, 5.41) is 11.8. The van der Waals surface area contributed by atoms with E-state index in [0.29, 0.717) is 22.8 Å². The van der Waals surface area contributed by atoms with E-state index in [0.717, 1.165) is 5.56 Å². The molecule has 0 fully saturated rings. The number of pyridine rings is 1. The Morgan fingerprint density at radius 1 is 1.30 bits per heavy atom. The van der Waals surface area contributed by atoms with Crippen LogP contribution >= 0.6 is 0 Å². The van der Waals surface area contributed by atoms with E-state index in [9.17, 15) is 9.59 Å². The number of nitrogens with one attached hydrogen (secondary N) is 1. The van der Waals surface area contributed by atoms with Gasteiger partial charge in [0.1, 0.15) is 11.4 Å². The van der Waals surface area contributed by atoms with Gasteiger partial charge in [-0.3, -0.25) is 4.79 Å². The van der Waals surface area contributed by atoms with Crippen molar-refractivity contribution < 1.29 is 19.4 Å². The lowest BCUT2D eigenvalue weighted by atomic mass is 10.1. The fourth-order valence-corrected chi connectivity index (χ4v) is 2.50. The largest absolute Gasteiger partial charge is 0.482 e. The number of carbonyl (C=O) groups is 2. The Labute approximate surface area is 130 Å². The van der Waals surface area contributed by atoms with Gasteiger partial charge in [0.15, 0.2) is 6.61 Å². The van der Waals surface area contributed by atoms with Crippen LogP contribution < -0.4 is 10.1 Å². The predicted molar refractivity (Wildman–Crippen MR) is 81.7 cm³/mol. The molecule has 0 atom stereocenters. The molecule has 0 spiro atoms. The second-order valence-electron chi connectivity index (χ2n) is 5.16. The normalized spacial score (nSPS) is 13.3. The third-order valence-corrected chi connectivity index (χ3v) is 3.62. The van der Waals surface area contributed by atoms with Crippen LogP contribution in [0.1, 0.15) is 10.4 Å². The SMILES string of the molecule is O=C1COc2ccc(-c3cn4ccc(C(=O)O)cc4n3)cc2N1. The lowest BCUT2D eigenvalue weighted by Crippen LogP contribution is -2.25. The molecule has 0 saturated heterocycles. The van der Waals surface area contributed by atoms with E-state index in [1.54, 1.807) is 28.9 Å². The number of fused-ring (bicyclic) bond motifs is 2. The van der Waals surface area contributed by atoms with Gasteiger partial charge in [0.2, 0.25) is 0 Å². The van der Waals surface area contributed by atoms with Gasteiger partial charge < -0.3 is 19.6 Å². The van der Waals surface area contributed by atoms with Crippen LogP contribution in [0.25, 0.3) is 16.9 Å². The first-order valence-electron chi connectivity index (χ1n) is 6.89. The van der Waals surface area contributed by atoms with Crippen molar-refractivity contribution >= 4 is 23.2 Å². The standard InChI is InChI=1S/C16H11N3O4/c20-15-8-23-13-2-1-9(5-11(13)18-15)12-7-19-4-3-10(16(21)22)6-14(19)17-12/h1-7H,8H2,(H,18,20)(H,21,22). The molecule has 1 amide bonds. The average molecular weight is 309 g/mol. The zero-order valence-corrected chi connectivity index (χ0v) is 11.8. The number of carbonyl (C=O) groups excluding carboxylic acids is 1. The van der Waals surface area contributed by atoms with Gasteiger partial charge in [-0.2, -0.15) is 0 Å². The zero-order chi connectivity index (χ0) is 16.0. The zero-order valence-electron chi connectivity index (χ0n) is 11.8. The van der Waals surface area contributed by atoms with E-state index >= 15 is 0 Å². The van der Waals surface area contributed by atoms with E-state index in [1.807, 2.05) is 6.07 Å². The summed E-state index contributed by atoms with van der Waals surface area (Å²) < 4.78 is 7.07. The number of benzene rings is 1.